The molecule has 0 aromatic heterocycles. The summed E-state index contributed by atoms with van der Waals surface area (Å²) in [6.07, 6.45) is -0.170. The Bertz CT molecular complexity index is 892. The summed E-state index contributed by atoms with van der Waals surface area (Å²) >= 11 is 0. The predicted octanol–water partition coefficient (Wildman–Crippen LogP) is 4.14. The molecule has 172 valence electrons. The van der Waals surface area contributed by atoms with Gasteiger partial charge in [-0.2, -0.15) is 0 Å². The van der Waals surface area contributed by atoms with Crippen LogP contribution in [0.2, 0.25) is 5.04 Å². The number of amides is 1. The number of Topliss-reactive ketones (excluding diaryl/α,β-unsaturated/α-hetero) is 1. The molecule has 0 aliphatic carbocycles. The van der Waals surface area contributed by atoms with E-state index in [2.05, 4.69) is 45.0 Å². The number of ketones is 1. The largest absolute Gasteiger partial charge is 0.444 e. The summed E-state index contributed by atoms with van der Waals surface area (Å²) in [5, 5.41) is 2.17. The minimum atomic E-state index is -2.74. The number of carbonyl (C=O) groups is 2. The van der Waals surface area contributed by atoms with Crippen LogP contribution in [0.5, 0.6) is 0 Å². The SMILES string of the molecule is CC(C)(C)OC(=O)N1CC(=O)CC1CO[Si](c1ccccc1)(c1ccccc1)C(C)(C)C. The highest BCUT2D eigenvalue weighted by Crippen LogP contribution is 2.37. The molecule has 1 fully saturated rings. The van der Waals surface area contributed by atoms with Crippen LogP contribution < -0.4 is 10.4 Å². The first-order valence-corrected chi connectivity index (χ1v) is 13.1. The van der Waals surface area contributed by atoms with Crippen LogP contribution in [0.25, 0.3) is 0 Å². The lowest BCUT2D eigenvalue weighted by Gasteiger charge is -2.44. The van der Waals surface area contributed by atoms with Crippen LogP contribution in [0.3, 0.4) is 0 Å². The molecule has 2 aromatic rings. The first-order valence-electron chi connectivity index (χ1n) is 11.2. The summed E-state index contributed by atoms with van der Waals surface area (Å²) in [5.41, 5.74) is -0.619. The molecule has 0 saturated carbocycles. The van der Waals surface area contributed by atoms with E-state index in [1.54, 1.807) is 0 Å². The molecule has 1 aliphatic heterocycles. The standard InChI is InChI=1S/C26H35NO4Si/c1-25(2,3)31-24(29)27-18-21(28)17-20(27)19-30-32(26(4,5)6,22-13-9-7-10-14-22)23-15-11-8-12-16-23/h7-16,20H,17-19H2,1-6H3. The zero-order chi connectivity index (χ0) is 23.6. The summed E-state index contributed by atoms with van der Waals surface area (Å²) in [6, 6.07) is 20.4. The quantitative estimate of drug-likeness (QED) is 0.639. The van der Waals surface area contributed by atoms with Crippen molar-refractivity contribution >= 4 is 30.6 Å². The fourth-order valence-corrected chi connectivity index (χ4v) is 9.02. The summed E-state index contributed by atoms with van der Waals surface area (Å²) in [7, 11) is -2.74. The second kappa shape index (κ2) is 9.20. The zero-order valence-corrected chi connectivity index (χ0v) is 21.1. The molecular weight excluding hydrogens is 418 g/mol. The third-order valence-corrected chi connectivity index (χ3v) is 10.8. The molecule has 2 aromatic carbocycles. The Labute approximate surface area is 192 Å². The smallest absolute Gasteiger partial charge is 0.411 e. The minimum absolute atomic E-state index is 0.0342. The van der Waals surface area contributed by atoms with Gasteiger partial charge in [-0.15, -0.1) is 0 Å². The lowest BCUT2D eigenvalue weighted by molar-refractivity contribution is -0.117. The Morgan fingerprint density at radius 1 is 0.938 bits per heavy atom. The van der Waals surface area contributed by atoms with Crippen LogP contribution >= 0.6 is 0 Å². The highest BCUT2D eigenvalue weighted by atomic mass is 28.4. The molecule has 0 radical (unpaired) electrons. The average Bonchev–Trinajstić information content (AvgIpc) is 3.09. The van der Waals surface area contributed by atoms with Crippen LogP contribution in [0.4, 0.5) is 4.79 Å². The average molecular weight is 454 g/mol. The maximum atomic E-state index is 12.8. The van der Waals surface area contributed by atoms with Crippen molar-refractivity contribution in [1.29, 1.82) is 0 Å². The molecule has 1 atom stereocenters. The third-order valence-electron chi connectivity index (χ3n) is 5.79. The van der Waals surface area contributed by atoms with E-state index >= 15 is 0 Å². The van der Waals surface area contributed by atoms with Gasteiger partial charge in [0.15, 0.2) is 5.78 Å². The molecule has 6 heteroatoms. The number of hydrogen-bond acceptors (Lipinski definition) is 4. The monoisotopic (exact) mass is 453 g/mol. The lowest BCUT2D eigenvalue weighted by atomic mass is 10.2. The van der Waals surface area contributed by atoms with E-state index in [1.165, 1.54) is 15.3 Å². The lowest BCUT2D eigenvalue weighted by Crippen LogP contribution is -2.67. The van der Waals surface area contributed by atoms with Gasteiger partial charge in [0, 0.05) is 6.42 Å². The molecule has 0 N–H and O–H groups in total. The molecular formula is C26H35NO4Si. The number of benzene rings is 2. The Hall–Kier alpha value is -2.44. The Balaban J connectivity index is 1.97. The molecule has 0 spiro atoms. The van der Waals surface area contributed by atoms with Gasteiger partial charge in [0.05, 0.1) is 19.2 Å². The molecule has 32 heavy (non-hydrogen) atoms. The molecule has 1 unspecified atom stereocenters. The Morgan fingerprint density at radius 3 is 1.88 bits per heavy atom. The first kappa shape index (κ1) is 24.2. The van der Waals surface area contributed by atoms with Gasteiger partial charge in [-0.1, -0.05) is 81.4 Å². The van der Waals surface area contributed by atoms with E-state index in [9.17, 15) is 9.59 Å². The second-order valence-corrected chi connectivity index (χ2v) is 14.8. The highest BCUT2D eigenvalue weighted by Gasteiger charge is 2.51. The second-order valence-electron chi connectivity index (χ2n) is 10.5. The number of likely N-dealkylation sites (tertiary alicyclic amines) is 1. The molecule has 0 bridgehead atoms. The number of carbonyl (C=O) groups excluding carboxylic acids is 2. The zero-order valence-electron chi connectivity index (χ0n) is 20.1. The molecule has 1 amide bonds. The van der Waals surface area contributed by atoms with Crippen molar-refractivity contribution in [2.75, 3.05) is 13.2 Å². The van der Waals surface area contributed by atoms with Gasteiger partial charge in [-0.3, -0.25) is 9.69 Å². The van der Waals surface area contributed by atoms with E-state index in [1.807, 2.05) is 57.2 Å². The summed E-state index contributed by atoms with van der Waals surface area (Å²) in [6.45, 7) is 12.5. The van der Waals surface area contributed by atoms with Gasteiger partial charge >= 0.3 is 6.09 Å². The van der Waals surface area contributed by atoms with Crippen LogP contribution in [0, 0.1) is 0 Å². The minimum Gasteiger partial charge on any atom is -0.444 e. The van der Waals surface area contributed by atoms with Crippen molar-refractivity contribution in [2.24, 2.45) is 0 Å². The fourth-order valence-electron chi connectivity index (χ4n) is 4.42. The number of nitrogens with zero attached hydrogens (tertiary/aromatic N) is 1. The van der Waals surface area contributed by atoms with Crippen LogP contribution in [0.15, 0.2) is 60.7 Å². The summed E-state index contributed by atoms with van der Waals surface area (Å²) in [5.74, 6) is 0.0342. The number of ether oxygens (including phenoxy) is 1. The van der Waals surface area contributed by atoms with E-state index in [4.69, 9.17) is 9.16 Å². The Morgan fingerprint density at radius 2 is 1.44 bits per heavy atom. The predicted molar refractivity (Wildman–Crippen MR) is 130 cm³/mol. The van der Waals surface area contributed by atoms with Gasteiger partial charge in [-0.05, 0) is 36.2 Å². The van der Waals surface area contributed by atoms with Crippen molar-refractivity contribution in [2.45, 2.75) is 64.6 Å². The van der Waals surface area contributed by atoms with Crippen LogP contribution in [-0.2, 0) is 14.0 Å². The van der Waals surface area contributed by atoms with Crippen molar-refractivity contribution in [3.05, 3.63) is 60.7 Å². The van der Waals surface area contributed by atoms with Crippen molar-refractivity contribution in [3.8, 4) is 0 Å². The van der Waals surface area contributed by atoms with E-state index in [0.717, 1.165) is 0 Å². The van der Waals surface area contributed by atoms with E-state index in [0.29, 0.717) is 0 Å². The summed E-state index contributed by atoms with van der Waals surface area (Å²) in [4.78, 5) is 26.6. The fraction of sp³-hybridized carbons (Fsp3) is 0.462. The molecule has 1 aliphatic rings. The van der Waals surface area contributed by atoms with Gasteiger partial charge in [0.1, 0.15) is 5.60 Å². The molecule has 3 rings (SSSR count). The third kappa shape index (κ3) is 5.13. The van der Waals surface area contributed by atoms with Gasteiger partial charge in [0.25, 0.3) is 8.32 Å². The van der Waals surface area contributed by atoms with Crippen LogP contribution in [0.1, 0.15) is 48.0 Å². The molecule has 5 nitrogen and oxygen atoms in total. The topological polar surface area (TPSA) is 55.8 Å². The van der Waals surface area contributed by atoms with Gasteiger partial charge < -0.3 is 9.16 Å². The Kier molecular flexibility index (Phi) is 6.96. The van der Waals surface area contributed by atoms with Gasteiger partial charge in [-0.25, -0.2) is 4.79 Å². The number of hydrogen-bond donors (Lipinski definition) is 0. The van der Waals surface area contributed by atoms with Gasteiger partial charge in [0.2, 0.25) is 0 Å². The summed E-state index contributed by atoms with van der Waals surface area (Å²) < 4.78 is 12.5. The molecule has 1 saturated heterocycles. The van der Waals surface area contributed by atoms with Crippen molar-refractivity contribution in [3.63, 3.8) is 0 Å². The normalized spacial score (nSPS) is 17.5. The van der Waals surface area contributed by atoms with Crippen molar-refractivity contribution in [1.82, 2.24) is 4.90 Å². The van der Waals surface area contributed by atoms with E-state index in [-0.39, 0.29) is 36.4 Å². The number of rotatable bonds is 5. The highest BCUT2D eigenvalue weighted by molar-refractivity contribution is 6.99. The maximum absolute atomic E-state index is 12.8. The van der Waals surface area contributed by atoms with Crippen molar-refractivity contribution < 1.29 is 18.8 Å². The maximum Gasteiger partial charge on any atom is 0.411 e. The first-order chi connectivity index (χ1) is 14.9. The van der Waals surface area contributed by atoms with E-state index < -0.39 is 20.0 Å². The molecule has 1 heterocycles. The van der Waals surface area contributed by atoms with Crippen LogP contribution in [-0.4, -0.2) is 49.9 Å².